The molecule has 0 aliphatic carbocycles. The molecule has 304 valence electrons. The molecule has 65 heavy (non-hydrogen) atoms. The van der Waals surface area contributed by atoms with E-state index in [0.29, 0.717) is 0 Å². The monoisotopic (exact) mass is 828 g/mol. The molecule has 0 saturated heterocycles. The van der Waals surface area contributed by atoms with E-state index in [1.54, 1.807) is 0 Å². The van der Waals surface area contributed by atoms with Gasteiger partial charge in [-0.2, -0.15) is 0 Å². The highest BCUT2D eigenvalue weighted by molar-refractivity contribution is 6.18. The van der Waals surface area contributed by atoms with E-state index >= 15 is 0 Å². The number of nitrogens with zero attached hydrogens (tertiary/aromatic N) is 2. The van der Waals surface area contributed by atoms with E-state index in [2.05, 4.69) is 252 Å². The van der Waals surface area contributed by atoms with Gasteiger partial charge in [0.15, 0.2) is 0 Å². The van der Waals surface area contributed by atoms with Crippen molar-refractivity contribution in [2.45, 2.75) is 0 Å². The Bertz CT molecular complexity index is 3870. The van der Waals surface area contributed by atoms with Crippen LogP contribution in [0.3, 0.4) is 0 Å². The topological polar surface area (TPSA) is 21.3 Å². The summed E-state index contributed by atoms with van der Waals surface area (Å²) in [4.78, 5) is 2.38. The molecule has 2 aromatic heterocycles. The lowest BCUT2D eigenvalue weighted by Crippen LogP contribution is -2.11. The first kappa shape index (κ1) is 36.9. The quantitative estimate of drug-likeness (QED) is 0.160. The highest BCUT2D eigenvalue weighted by Crippen LogP contribution is 2.46. The van der Waals surface area contributed by atoms with Crippen molar-refractivity contribution in [2.75, 3.05) is 4.90 Å². The summed E-state index contributed by atoms with van der Waals surface area (Å²) in [6.45, 7) is 0. The smallest absolute Gasteiger partial charge is 0.143 e. The molecular formula is C62H40N2O. The summed E-state index contributed by atoms with van der Waals surface area (Å²) in [5.74, 6) is 0. The minimum atomic E-state index is 0.885. The van der Waals surface area contributed by atoms with Gasteiger partial charge in [0.25, 0.3) is 0 Å². The number of aromatic nitrogens is 1. The first-order valence-electron chi connectivity index (χ1n) is 22.2. The van der Waals surface area contributed by atoms with Crippen molar-refractivity contribution in [1.82, 2.24) is 4.57 Å². The van der Waals surface area contributed by atoms with Crippen LogP contribution in [0.2, 0.25) is 0 Å². The summed E-state index contributed by atoms with van der Waals surface area (Å²) in [6, 6.07) is 87.6. The molecule has 0 fully saturated rings. The zero-order valence-corrected chi connectivity index (χ0v) is 35.4. The van der Waals surface area contributed by atoms with Crippen molar-refractivity contribution < 1.29 is 4.42 Å². The number of hydrogen-bond donors (Lipinski definition) is 0. The van der Waals surface area contributed by atoms with Gasteiger partial charge in [-0.05, 0) is 99.1 Å². The molecule has 0 bridgehead atoms. The predicted octanol–water partition coefficient (Wildman–Crippen LogP) is 17.5. The van der Waals surface area contributed by atoms with Gasteiger partial charge in [0.2, 0.25) is 0 Å². The highest BCUT2D eigenvalue weighted by atomic mass is 16.3. The van der Waals surface area contributed by atoms with E-state index in [1.165, 1.54) is 54.7 Å². The molecule has 0 radical (unpaired) electrons. The van der Waals surface area contributed by atoms with Gasteiger partial charge in [0.05, 0.1) is 16.7 Å². The second-order valence-electron chi connectivity index (χ2n) is 16.8. The molecule has 11 aromatic carbocycles. The van der Waals surface area contributed by atoms with Crippen LogP contribution in [0.1, 0.15) is 0 Å². The van der Waals surface area contributed by atoms with Crippen LogP contribution in [-0.4, -0.2) is 4.57 Å². The van der Waals surface area contributed by atoms with Crippen LogP contribution in [0.4, 0.5) is 17.1 Å². The van der Waals surface area contributed by atoms with Crippen LogP contribution in [0.15, 0.2) is 247 Å². The lowest BCUT2D eigenvalue weighted by atomic mass is 9.96. The molecule has 0 saturated carbocycles. The Balaban J connectivity index is 0.944. The average Bonchev–Trinajstić information content (AvgIpc) is 3.94. The molecular weight excluding hydrogens is 789 g/mol. The summed E-state index contributed by atoms with van der Waals surface area (Å²) in [7, 11) is 0. The van der Waals surface area contributed by atoms with Gasteiger partial charge in [-0.15, -0.1) is 0 Å². The molecule has 0 aliphatic rings. The van der Waals surface area contributed by atoms with Crippen LogP contribution in [0.5, 0.6) is 0 Å². The van der Waals surface area contributed by atoms with Gasteiger partial charge < -0.3 is 13.9 Å². The standard InChI is InChI=1S/C62H40N2O/c1-3-16-49-43(13-1)15-11-21-50(49)45-29-27-41(28-30-45)42-31-34-46(35-32-42)63(47-36-38-48(39-37-47)64-59-25-9-5-18-52(59)53-19-6-10-26-60(53)64)58-24-8-7-20-54(58)55-22-12-23-56-57-40-33-44-14-2-4-17-51(44)61(57)65-62(55)56/h1-40H. The molecule has 0 amide bonds. The van der Waals surface area contributed by atoms with Crippen LogP contribution < -0.4 is 4.90 Å². The third-order valence-corrected chi connectivity index (χ3v) is 13.2. The Kier molecular flexibility index (Phi) is 8.53. The van der Waals surface area contributed by atoms with E-state index in [9.17, 15) is 0 Å². The summed E-state index contributed by atoms with van der Waals surface area (Å²) < 4.78 is 9.30. The zero-order chi connectivity index (χ0) is 42.8. The van der Waals surface area contributed by atoms with Crippen molar-refractivity contribution in [2.24, 2.45) is 0 Å². The summed E-state index contributed by atoms with van der Waals surface area (Å²) in [5, 5.41) is 9.53. The van der Waals surface area contributed by atoms with Crippen molar-refractivity contribution in [1.29, 1.82) is 0 Å². The largest absolute Gasteiger partial charge is 0.455 e. The molecule has 3 heteroatoms. The lowest BCUT2D eigenvalue weighted by molar-refractivity contribution is 0.674. The fourth-order valence-electron chi connectivity index (χ4n) is 10.1. The van der Waals surface area contributed by atoms with E-state index in [4.69, 9.17) is 4.42 Å². The summed E-state index contributed by atoms with van der Waals surface area (Å²) in [5.41, 5.74) is 15.4. The first-order valence-corrected chi connectivity index (χ1v) is 22.2. The van der Waals surface area contributed by atoms with Crippen LogP contribution in [-0.2, 0) is 0 Å². The molecule has 0 aliphatic heterocycles. The third kappa shape index (κ3) is 6.05. The van der Waals surface area contributed by atoms with Crippen LogP contribution in [0, 0.1) is 0 Å². The molecule has 0 unspecified atom stereocenters. The number of hydrogen-bond acceptors (Lipinski definition) is 2. The maximum absolute atomic E-state index is 6.93. The number of furan rings is 1. The first-order chi connectivity index (χ1) is 32.2. The minimum Gasteiger partial charge on any atom is -0.455 e. The van der Waals surface area contributed by atoms with Crippen molar-refractivity contribution >= 4 is 82.4 Å². The third-order valence-electron chi connectivity index (χ3n) is 13.2. The number of para-hydroxylation sites is 4. The van der Waals surface area contributed by atoms with Gasteiger partial charge in [-0.25, -0.2) is 0 Å². The van der Waals surface area contributed by atoms with Crippen LogP contribution >= 0.6 is 0 Å². The zero-order valence-electron chi connectivity index (χ0n) is 35.4. The van der Waals surface area contributed by atoms with Crippen molar-refractivity contribution in [3.63, 3.8) is 0 Å². The predicted molar refractivity (Wildman–Crippen MR) is 274 cm³/mol. The molecule has 13 rings (SSSR count). The summed E-state index contributed by atoms with van der Waals surface area (Å²) >= 11 is 0. The number of fused-ring (bicyclic) bond motifs is 9. The second kappa shape index (κ2) is 15.0. The normalized spacial score (nSPS) is 11.7. The van der Waals surface area contributed by atoms with E-state index in [0.717, 1.165) is 66.8 Å². The van der Waals surface area contributed by atoms with Crippen molar-refractivity contribution in [3.8, 4) is 39.1 Å². The van der Waals surface area contributed by atoms with Gasteiger partial charge in [-0.3, -0.25) is 0 Å². The highest BCUT2D eigenvalue weighted by Gasteiger charge is 2.22. The van der Waals surface area contributed by atoms with Gasteiger partial charge >= 0.3 is 0 Å². The number of anilines is 3. The Labute approximate surface area is 376 Å². The van der Waals surface area contributed by atoms with Crippen LogP contribution in [0.25, 0.3) is 104 Å². The molecule has 0 N–H and O–H groups in total. The Morgan fingerprint density at radius 1 is 0.292 bits per heavy atom. The SMILES string of the molecule is c1ccc(N(c2ccc(-c3ccc(-c4cccc5ccccc45)cc3)cc2)c2ccc(-n3c4ccccc4c4ccccc43)cc2)c(-c2cccc3c2oc2c4ccccc4ccc32)c1. The van der Waals surface area contributed by atoms with E-state index in [-0.39, 0.29) is 0 Å². The average molecular weight is 829 g/mol. The molecule has 2 heterocycles. The second-order valence-corrected chi connectivity index (χ2v) is 16.8. The fraction of sp³-hybridized carbons (Fsp3) is 0. The number of benzene rings is 11. The maximum atomic E-state index is 6.93. The Morgan fingerprint density at radius 3 is 1.49 bits per heavy atom. The van der Waals surface area contributed by atoms with Gasteiger partial charge in [0.1, 0.15) is 11.2 Å². The van der Waals surface area contributed by atoms with Gasteiger partial charge in [0, 0.05) is 55.1 Å². The fourth-order valence-corrected chi connectivity index (χ4v) is 10.1. The minimum absolute atomic E-state index is 0.885. The van der Waals surface area contributed by atoms with Gasteiger partial charge in [-0.1, -0.05) is 182 Å². The molecule has 0 spiro atoms. The molecule has 0 atom stereocenters. The lowest BCUT2D eigenvalue weighted by Gasteiger charge is -2.28. The van der Waals surface area contributed by atoms with Crippen molar-refractivity contribution in [3.05, 3.63) is 243 Å². The Hall–Kier alpha value is -8.66. The van der Waals surface area contributed by atoms with E-state index in [1.807, 2.05) is 0 Å². The maximum Gasteiger partial charge on any atom is 0.143 e. The summed E-state index contributed by atoms with van der Waals surface area (Å²) in [6.07, 6.45) is 0. The Morgan fingerprint density at radius 2 is 0.769 bits per heavy atom. The number of rotatable bonds is 7. The van der Waals surface area contributed by atoms with E-state index < -0.39 is 0 Å². The molecule has 13 aromatic rings. The molecule has 3 nitrogen and oxygen atoms in total.